The molecule has 0 radical (unpaired) electrons. The molecule has 1 amide bonds. The fourth-order valence-electron chi connectivity index (χ4n) is 3.21. The summed E-state index contributed by atoms with van der Waals surface area (Å²) in [6, 6.07) is 12.5. The van der Waals surface area contributed by atoms with Gasteiger partial charge in [-0.15, -0.1) is 5.10 Å². The molecule has 1 aromatic heterocycles. The highest BCUT2D eigenvalue weighted by atomic mass is 35.5. The molecular weight excluding hydrogens is 369 g/mol. The number of nitrogens with two attached hydrogens (primary N) is 1. The Labute approximate surface area is 159 Å². The van der Waals surface area contributed by atoms with Crippen molar-refractivity contribution in [1.29, 1.82) is 0 Å². The van der Waals surface area contributed by atoms with Crippen LogP contribution in [0.4, 0.5) is 10.3 Å². The number of nitrogens with zero attached hydrogens (tertiary/aromatic N) is 3. The quantitative estimate of drug-likeness (QED) is 0.724. The molecule has 1 aliphatic rings. The highest BCUT2D eigenvalue weighted by molar-refractivity contribution is 6.33. The van der Waals surface area contributed by atoms with E-state index in [0.29, 0.717) is 28.1 Å². The molecule has 3 N–H and O–H groups in total. The minimum absolute atomic E-state index is 0.225. The van der Waals surface area contributed by atoms with Crippen LogP contribution in [0.2, 0.25) is 5.02 Å². The van der Waals surface area contributed by atoms with Crippen LogP contribution in [0.3, 0.4) is 0 Å². The van der Waals surface area contributed by atoms with Crippen molar-refractivity contribution in [3.8, 4) is 11.4 Å². The van der Waals surface area contributed by atoms with Crippen molar-refractivity contribution in [3.05, 3.63) is 76.2 Å². The van der Waals surface area contributed by atoms with Crippen LogP contribution in [0.25, 0.3) is 11.4 Å². The first-order valence-corrected chi connectivity index (χ1v) is 8.58. The highest BCUT2D eigenvalue weighted by Crippen LogP contribution is 2.37. The van der Waals surface area contributed by atoms with Gasteiger partial charge in [-0.05, 0) is 25.1 Å². The van der Waals surface area contributed by atoms with Gasteiger partial charge in [-0.1, -0.05) is 41.9 Å². The maximum atomic E-state index is 14.5. The number of halogens is 2. The van der Waals surface area contributed by atoms with Gasteiger partial charge in [-0.25, -0.2) is 9.07 Å². The van der Waals surface area contributed by atoms with Crippen molar-refractivity contribution >= 4 is 23.5 Å². The molecule has 1 atom stereocenters. The second-order valence-electron chi connectivity index (χ2n) is 6.14. The molecular formula is C19H15ClFN5O. The van der Waals surface area contributed by atoms with E-state index < -0.39 is 17.8 Å². The van der Waals surface area contributed by atoms with Crippen molar-refractivity contribution in [2.75, 3.05) is 5.32 Å². The van der Waals surface area contributed by atoms with Gasteiger partial charge in [-0.2, -0.15) is 4.98 Å². The van der Waals surface area contributed by atoms with E-state index >= 15 is 0 Å². The predicted molar refractivity (Wildman–Crippen MR) is 101 cm³/mol. The number of nitrogens with one attached hydrogen (secondary N) is 1. The standard InChI is InChI=1S/C19H15ClFN5O/c1-10-15(17(22)27)16(12-7-3-5-9-14(12)21)26-19(23-10)24-18(25-26)11-6-2-4-8-13(11)20/h2-9,16H,1H3,(H2,22,27)(H,23,24,25). The first kappa shape index (κ1) is 17.2. The van der Waals surface area contributed by atoms with Gasteiger partial charge in [0.05, 0.1) is 10.6 Å². The van der Waals surface area contributed by atoms with E-state index in [0.717, 1.165) is 0 Å². The number of carbonyl (C=O) groups is 1. The number of amides is 1. The summed E-state index contributed by atoms with van der Waals surface area (Å²) in [5.41, 5.74) is 7.23. The van der Waals surface area contributed by atoms with Gasteiger partial charge in [0.2, 0.25) is 11.9 Å². The third-order valence-electron chi connectivity index (χ3n) is 4.43. The zero-order chi connectivity index (χ0) is 19.1. The number of carbonyl (C=O) groups excluding carboxylic acids is 1. The lowest BCUT2D eigenvalue weighted by Crippen LogP contribution is -2.32. The number of hydrogen-bond acceptors (Lipinski definition) is 4. The van der Waals surface area contributed by atoms with E-state index in [1.54, 1.807) is 43.3 Å². The third kappa shape index (κ3) is 2.86. The normalized spacial score (nSPS) is 16.0. The summed E-state index contributed by atoms with van der Waals surface area (Å²) in [4.78, 5) is 16.6. The van der Waals surface area contributed by atoms with Crippen molar-refractivity contribution in [1.82, 2.24) is 14.8 Å². The molecule has 8 heteroatoms. The summed E-state index contributed by atoms with van der Waals surface area (Å²) in [5.74, 6) is -0.381. The Balaban J connectivity index is 1.93. The fourth-order valence-corrected chi connectivity index (χ4v) is 3.43. The van der Waals surface area contributed by atoms with Gasteiger partial charge in [0.15, 0.2) is 5.82 Å². The Morgan fingerprint density at radius 3 is 2.63 bits per heavy atom. The maximum absolute atomic E-state index is 14.5. The number of anilines is 1. The third-order valence-corrected chi connectivity index (χ3v) is 4.76. The van der Waals surface area contributed by atoms with Crippen LogP contribution in [-0.2, 0) is 4.79 Å². The van der Waals surface area contributed by atoms with Crippen LogP contribution in [0.5, 0.6) is 0 Å². The highest BCUT2D eigenvalue weighted by Gasteiger charge is 2.34. The van der Waals surface area contributed by atoms with Gasteiger partial charge in [0.25, 0.3) is 0 Å². The average molecular weight is 384 g/mol. The molecule has 0 aliphatic carbocycles. The Hall–Kier alpha value is -3.19. The number of fused-ring (bicyclic) bond motifs is 1. The lowest BCUT2D eigenvalue weighted by Gasteiger charge is -2.27. The first-order valence-electron chi connectivity index (χ1n) is 8.21. The fraction of sp³-hybridized carbons (Fsp3) is 0.105. The first-order chi connectivity index (χ1) is 13.0. The summed E-state index contributed by atoms with van der Waals surface area (Å²) in [6.45, 7) is 1.70. The molecule has 2 heterocycles. The van der Waals surface area contributed by atoms with Gasteiger partial charge in [0.1, 0.15) is 11.9 Å². The zero-order valence-electron chi connectivity index (χ0n) is 14.3. The molecule has 0 bridgehead atoms. The lowest BCUT2D eigenvalue weighted by atomic mass is 9.95. The molecule has 4 rings (SSSR count). The largest absolute Gasteiger partial charge is 0.366 e. The molecule has 0 spiro atoms. The van der Waals surface area contributed by atoms with Crippen LogP contribution >= 0.6 is 11.6 Å². The summed E-state index contributed by atoms with van der Waals surface area (Å²) in [6.07, 6.45) is 0. The monoisotopic (exact) mass is 383 g/mol. The van der Waals surface area contributed by atoms with E-state index in [1.165, 1.54) is 10.7 Å². The van der Waals surface area contributed by atoms with Crippen LogP contribution in [0, 0.1) is 5.82 Å². The maximum Gasteiger partial charge on any atom is 0.248 e. The number of allylic oxidation sites excluding steroid dienone is 1. The molecule has 0 saturated carbocycles. The molecule has 3 aromatic rings. The number of primary amides is 1. The minimum atomic E-state index is -0.830. The number of rotatable bonds is 3. The molecule has 136 valence electrons. The minimum Gasteiger partial charge on any atom is -0.366 e. The van der Waals surface area contributed by atoms with E-state index in [9.17, 15) is 9.18 Å². The lowest BCUT2D eigenvalue weighted by molar-refractivity contribution is -0.115. The zero-order valence-corrected chi connectivity index (χ0v) is 15.0. The predicted octanol–water partition coefficient (Wildman–Crippen LogP) is 3.51. The molecule has 27 heavy (non-hydrogen) atoms. The summed E-state index contributed by atoms with van der Waals surface area (Å²) in [7, 11) is 0. The molecule has 1 aliphatic heterocycles. The Morgan fingerprint density at radius 1 is 1.22 bits per heavy atom. The number of benzene rings is 2. The Morgan fingerprint density at radius 2 is 1.93 bits per heavy atom. The van der Waals surface area contributed by atoms with Crippen molar-refractivity contribution < 1.29 is 9.18 Å². The average Bonchev–Trinajstić information content (AvgIpc) is 3.04. The molecule has 1 unspecified atom stereocenters. The molecule has 0 saturated heterocycles. The van der Waals surface area contributed by atoms with Crippen molar-refractivity contribution in [3.63, 3.8) is 0 Å². The SMILES string of the molecule is CC1=C(C(N)=O)C(c2ccccc2F)n2nc(-c3ccccc3Cl)nc2N1. The summed E-state index contributed by atoms with van der Waals surface area (Å²) >= 11 is 6.25. The summed E-state index contributed by atoms with van der Waals surface area (Å²) < 4.78 is 16.0. The van der Waals surface area contributed by atoms with Crippen LogP contribution in [0.15, 0.2) is 59.8 Å². The summed E-state index contributed by atoms with van der Waals surface area (Å²) in [5, 5.41) is 8.01. The van der Waals surface area contributed by atoms with Gasteiger partial charge < -0.3 is 11.1 Å². The Kier molecular flexibility index (Phi) is 4.16. The molecule has 2 aromatic carbocycles. The van der Waals surface area contributed by atoms with E-state index in [4.69, 9.17) is 17.3 Å². The van der Waals surface area contributed by atoms with Crippen LogP contribution in [-0.4, -0.2) is 20.7 Å². The van der Waals surface area contributed by atoms with Gasteiger partial charge in [0, 0.05) is 16.8 Å². The second-order valence-corrected chi connectivity index (χ2v) is 6.54. The van der Waals surface area contributed by atoms with Crippen molar-refractivity contribution in [2.24, 2.45) is 5.73 Å². The molecule has 6 nitrogen and oxygen atoms in total. The van der Waals surface area contributed by atoms with E-state index in [2.05, 4.69) is 15.4 Å². The van der Waals surface area contributed by atoms with Crippen LogP contribution < -0.4 is 11.1 Å². The van der Waals surface area contributed by atoms with Crippen molar-refractivity contribution in [2.45, 2.75) is 13.0 Å². The molecule has 0 fully saturated rings. The van der Waals surface area contributed by atoms with Gasteiger partial charge in [-0.3, -0.25) is 4.79 Å². The second kappa shape index (κ2) is 6.51. The van der Waals surface area contributed by atoms with E-state index in [1.807, 2.05) is 6.07 Å². The topological polar surface area (TPSA) is 85.8 Å². The number of aromatic nitrogens is 3. The van der Waals surface area contributed by atoms with E-state index in [-0.39, 0.29) is 11.1 Å². The Bertz CT molecular complexity index is 1090. The van der Waals surface area contributed by atoms with Crippen LogP contribution in [0.1, 0.15) is 18.5 Å². The number of hydrogen-bond donors (Lipinski definition) is 2. The van der Waals surface area contributed by atoms with Gasteiger partial charge >= 0.3 is 0 Å². The smallest absolute Gasteiger partial charge is 0.248 e.